The minimum absolute atomic E-state index is 0.115. The standard InChI is InChI=1S/C13H25NO3/c1-16-11-10-14-13(12(15)17-2)8-6-4-3-5-7-9-13/h14H,3-11H2,1-2H3. The van der Waals surface area contributed by atoms with Crippen molar-refractivity contribution in [3.8, 4) is 0 Å². The first-order valence-corrected chi connectivity index (χ1v) is 6.57. The molecule has 0 amide bonds. The summed E-state index contributed by atoms with van der Waals surface area (Å²) in [6, 6.07) is 0. The first-order chi connectivity index (χ1) is 8.25. The highest BCUT2D eigenvalue weighted by Gasteiger charge is 2.38. The van der Waals surface area contributed by atoms with Gasteiger partial charge in [0.05, 0.1) is 13.7 Å². The smallest absolute Gasteiger partial charge is 0.326 e. The van der Waals surface area contributed by atoms with E-state index in [0.717, 1.165) is 25.7 Å². The molecule has 1 N–H and O–H groups in total. The Balaban J connectivity index is 2.63. The number of carbonyl (C=O) groups is 1. The van der Waals surface area contributed by atoms with E-state index in [2.05, 4.69) is 5.32 Å². The van der Waals surface area contributed by atoms with Crippen LogP contribution >= 0.6 is 0 Å². The maximum atomic E-state index is 12.0. The molecular weight excluding hydrogens is 218 g/mol. The van der Waals surface area contributed by atoms with E-state index >= 15 is 0 Å². The van der Waals surface area contributed by atoms with Crippen molar-refractivity contribution >= 4 is 5.97 Å². The molecule has 1 fully saturated rings. The van der Waals surface area contributed by atoms with Gasteiger partial charge in [0.25, 0.3) is 0 Å². The van der Waals surface area contributed by atoms with Crippen molar-refractivity contribution in [2.45, 2.75) is 50.5 Å². The van der Waals surface area contributed by atoms with E-state index in [1.165, 1.54) is 26.4 Å². The number of nitrogens with one attached hydrogen (secondary N) is 1. The third kappa shape index (κ3) is 4.28. The van der Waals surface area contributed by atoms with Crippen molar-refractivity contribution in [1.29, 1.82) is 0 Å². The Bertz CT molecular complexity index is 223. The molecule has 4 heteroatoms. The number of methoxy groups -OCH3 is 2. The zero-order chi connectivity index (χ0) is 12.6. The van der Waals surface area contributed by atoms with Gasteiger partial charge in [-0.05, 0) is 12.8 Å². The number of esters is 1. The molecule has 1 aliphatic carbocycles. The van der Waals surface area contributed by atoms with E-state index < -0.39 is 5.54 Å². The number of carbonyl (C=O) groups excluding carboxylic acids is 1. The first-order valence-electron chi connectivity index (χ1n) is 6.57. The molecule has 0 aromatic heterocycles. The van der Waals surface area contributed by atoms with Crippen molar-refractivity contribution < 1.29 is 14.3 Å². The molecule has 0 unspecified atom stereocenters. The molecule has 0 radical (unpaired) electrons. The average Bonchev–Trinajstić information content (AvgIpc) is 2.31. The minimum Gasteiger partial charge on any atom is -0.468 e. The van der Waals surface area contributed by atoms with Crippen LogP contribution in [0.15, 0.2) is 0 Å². The SMILES string of the molecule is COCCNC1(C(=O)OC)CCCCCCC1. The fourth-order valence-electron chi connectivity index (χ4n) is 2.55. The summed E-state index contributed by atoms with van der Waals surface area (Å²) in [5.41, 5.74) is -0.478. The van der Waals surface area contributed by atoms with Crippen molar-refractivity contribution in [2.75, 3.05) is 27.4 Å². The minimum atomic E-state index is -0.478. The van der Waals surface area contributed by atoms with Gasteiger partial charge >= 0.3 is 5.97 Å². The lowest BCUT2D eigenvalue weighted by molar-refractivity contribution is -0.149. The molecule has 0 heterocycles. The predicted molar refractivity (Wildman–Crippen MR) is 66.9 cm³/mol. The van der Waals surface area contributed by atoms with Gasteiger partial charge in [-0.25, -0.2) is 0 Å². The van der Waals surface area contributed by atoms with Crippen LogP contribution in [0.4, 0.5) is 0 Å². The lowest BCUT2D eigenvalue weighted by atomic mass is 9.84. The number of hydrogen-bond acceptors (Lipinski definition) is 4. The number of rotatable bonds is 5. The third-order valence-electron chi connectivity index (χ3n) is 3.55. The second kappa shape index (κ2) is 7.67. The Morgan fingerprint density at radius 3 is 2.24 bits per heavy atom. The largest absolute Gasteiger partial charge is 0.468 e. The monoisotopic (exact) mass is 243 g/mol. The number of hydrogen-bond donors (Lipinski definition) is 1. The van der Waals surface area contributed by atoms with Crippen LogP contribution in [0, 0.1) is 0 Å². The molecule has 100 valence electrons. The molecule has 0 spiro atoms. The molecule has 4 nitrogen and oxygen atoms in total. The van der Waals surface area contributed by atoms with E-state index in [1.807, 2.05) is 0 Å². The van der Waals surface area contributed by atoms with Crippen LogP contribution in [0.1, 0.15) is 44.9 Å². The third-order valence-corrected chi connectivity index (χ3v) is 3.55. The van der Waals surface area contributed by atoms with Gasteiger partial charge < -0.3 is 9.47 Å². The zero-order valence-electron chi connectivity index (χ0n) is 11.1. The highest BCUT2D eigenvalue weighted by Crippen LogP contribution is 2.27. The fraction of sp³-hybridized carbons (Fsp3) is 0.923. The Morgan fingerprint density at radius 1 is 1.12 bits per heavy atom. The van der Waals surface area contributed by atoms with Gasteiger partial charge in [-0.3, -0.25) is 10.1 Å². The van der Waals surface area contributed by atoms with Gasteiger partial charge in [0.15, 0.2) is 0 Å². The van der Waals surface area contributed by atoms with Crippen LogP contribution in [0.3, 0.4) is 0 Å². The van der Waals surface area contributed by atoms with Crippen molar-refractivity contribution in [2.24, 2.45) is 0 Å². The lowest BCUT2D eigenvalue weighted by Crippen LogP contribution is -2.54. The molecule has 1 saturated carbocycles. The molecule has 1 rings (SSSR count). The van der Waals surface area contributed by atoms with E-state index in [4.69, 9.17) is 9.47 Å². The van der Waals surface area contributed by atoms with Crippen LogP contribution in [0.25, 0.3) is 0 Å². The molecule has 1 aliphatic rings. The summed E-state index contributed by atoms with van der Waals surface area (Å²) in [4.78, 5) is 12.0. The van der Waals surface area contributed by atoms with E-state index in [1.54, 1.807) is 7.11 Å². The molecule has 0 aromatic carbocycles. The molecule has 0 bridgehead atoms. The molecule has 0 atom stereocenters. The predicted octanol–water partition coefficient (Wildman–Crippen LogP) is 1.88. The highest BCUT2D eigenvalue weighted by atomic mass is 16.5. The fourth-order valence-corrected chi connectivity index (χ4v) is 2.55. The van der Waals surface area contributed by atoms with Crippen molar-refractivity contribution in [3.63, 3.8) is 0 Å². The summed E-state index contributed by atoms with van der Waals surface area (Å²) in [6.07, 6.45) is 7.65. The Kier molecular flexibility index (Phi) is 6.52. The van der Waals surface area contributed by atoms with E-state index in [-0.39, 0.29) is 5.97 Å². The quantitative estimate of drug-likeness (QED) is 0.591. The summed E-state index contributed by atoms with van der Waals surface area (Å²) in [6.45, 7) is 1.32. The van der Waals surface area contributed by atoms with Crippen molar-refractivity contribution in [3.05, 3.63) is 0 Å². The Hall–Kier alpha value is -0.610. The average molecular weight is 243 g/mol. The van der Waals surface area contributed by atoms with Crippen LogP contribution in [0.5, 0.6) is 0 Å². The van der Waals surface area contributed by atoms with Crippen molar-refractivity contribution in [1.82, 2.24) is 5.32 Å². The van der Waals surface area contributed by atoms with E-state index in [0.29, 0.717) is 13.2 Å². The van der Waals surface area contributed by atoms with Crippen LogP contribution in [-0.2, 0) is 14.3 Å². The summed E-state index contributed by atoms with van der Waals surface area (Å²) >= 11 is 0. The van der Waals surface area contributed by atoms with Crippen LogP contribution < -0.4 is 5.32 Å². The zero-order valence-corrected chi connectivity index (χ0v) is 11.1. The lowest BCUT2D eigenvalue weighted by Gasteiger charge is -2.33. The van der Waals surface area contributed by atoms with Gasteiger partial charge in [0.2, 0.25) is 0 Å². The first kappa shape index (κ1) is 14.5. The summed E-state index contributed by atoms with van der Waals surface area (Å²) in [5, 5.41) is 3.35. The Morgan fingerprint density at radius 2 is 1.71 bits per heavy atom. The normalized spacial score (nSPS) is 20.4. The second-order valence-electron chi connectivity index (χ2n) is 4.76. The van der Waals surface area contributed by atoms with Crippen LogP contribution in [0.2, 0.25) is 0 Å². The number of ether oxygens (including phenoxy) is 2. The molecule has 0 aromatic rings. The maximum Gasteiger partial charge on any atom is 0.326 e. The molecule has 17 heavy (non-hydrogen) atoms. The molecule has 0 saturated heterocycles. The summed E-state index contributed by atoms with van der Waals surface area (Å²) in [7, 11) is 3.14. The van der Waals surface area contributed by atoms with Gasteiger partial charge in [-0.15, -0.1) is 0 Å². The summed E-state index contributed by atoms with van der Waals surface area (Å²) in [5.74, 6) is -0.115. The van der Waals surface area contributed by atoms with Gasteiger partial charge in [0.1, 0.15) is 5.54 Å². The van der Waals surface area contributed by atoms with Gasteiger partial charge in [0, 0.05) is 13.7 Å². The molecule has 0 aliphatic heterocycles. The second-order valence-corrected chi connectivity index (χ2v) is 4.76. The topological polar surface area (TPSA) is 47.6 Å². The van der Waals surface area contributed by atoms with Crippen LogP contribution in [-0.4, -0.2) is 38.9 Å². The Labute approximate surface area is 104 Å². The van der Waals surface area contributed by atoms with E-state index in [9.17, 15) is 4.79 Å². The highest BCUT2D eigenvalue weighted by molar-refractivity contribution is 5.80. The van der Waals surface area contributed by atoms with Gasteiger partial charge in [-0.1, -0.05) is 32.1 Å². The maximum absolute atomic E-state index is 12.0. The molecular formula is C13H25NO3. The van der Waals surface area contributed by atoms with Gasteiger partial charge in [-0.2, -0.15) is 0 Å². The summed E-state index contributed by atoms with van der Waals surface area (Å²) < 4.78 is 10.0.